The highest BCUT2D eigenvalue weighted by atomic mass is 32.2. The first-order chi connectivity index (χ1) is 7.27. The van der Waals surface area contributed by atoms with E-state index in [1.165, 1.54) is 5.39 Å². The van der Waals surface area contributed by atoms with Crippen LogP contribution in [0.2, 0.25) is 0 Å². The van der Waals surface area contributed by atoms with E-state index in [0.717, 1.165) is 17.5 Å². The molecule has 0 aliphatic rings. The van der Waals surface area contributed by atoms with Gasteiger partial charge in [-0.25, -0.2) is 8.93 Å². The van der Waals surface area contributed by atoms with Gasteiger partial charge in [0.05, 0.1) is 0 Å². The predicted octanol–water partition coefficient (Wildman–Crippen LogP) is 1.44. The number of para-hydroxylation sites is 1. The van der Waals surface area contributed by atoms with Crippen molar-refractivity contribution in [1.82, 2.24) is 9.71 Å². The monoisotopic (exact) mass is 224 g/mol. The molecule has 0 spiro atoms. The third-order valence-corrected chi connectivity index (χ3v) is 2.75. The second-order valence-corrected chi connectivity index (χ2v) is 4.04. The highest BCUT2D eigenvalue weighted by Gasteiger charge is 2.02. The lowest BCUT2D eigenvalue weighted by Crippen LogP contribution is -2.18. The molecule has 2 rings (SSSR count). The van der Waals surface area contributed by atoms with Crippen LogP contribution in [0.4, 0.5) is 0 Å². The van der Waals surface area contributed by atoms with Gasteiger partial charge in [0.2, 0.25) is 11.3 Å². The molecule has 5 heteroatoms. The lowest BCUT2D eigenvalue weighted by atomic mass is 10.1. The van der Waals surface area contributed by atoms with E-state index in [9.17, 15) is 4.21 Å². The molecule has 4 nitrogen and oxygen atoms in total. The van der Waals surface area contributed by atoms with E-state index in [0.29, 0.717) is 6.54 Å². The number of aromatic nitrogens is 1. The van der Waals surface area contributed by atoms with Gasteiger partial charge in [-0.1, -0.05) is 18.2 Å². The fourth-order valence-electron chi connectivity index (χ4n) is 1.61. The van der Waals surface area contributed by atoms with Crippen molar-refractivity contribution >= 4 is 22.2 Å². The summed E-state index contributed by atoms with van der Waals surface area (Å²) in [5.74, 6) is 0. The normalized spacial score (nSPS) is 13.1. The minimum atomic E-state index is -1.92. The molecule has 1 unspecified atom stereocenters. The van der Waals surface area contributed by atoms with Crippen LogP contribution in [-0.2, 0) is 17.7 Å². The summed E-state index contributed by atoms with van der Waals surface area (Å²) in [6.07, 6.45) is 2.67. The second-order valence-electron chi connectivity index (χ2n) is 3.25. The van der Waals surface area contributed by atoms with Crippen molar-refractivity contribution in [2.24, 2.45) is 0 Å². The Hall–Kier alpha value is -1.17. The summed E-state index contributed by atoms with van der Waals surface area (Å²) < 4.78 is 21.4. The van der Waals surface area contributed by atoms with Crippen LogP contribution in [0, 0.1) is 0 Å². The highest BCUT2D eigenvalue weighted by Crippen LogP contribution is 2.17. The van der Waals surface area contributed by atoms with Gasteiger partial charge in [-0.3, -0.25) is 4.55 Å². The summed E-state index contributed by atoms with van der Waals surface area (Å²) in [7, 11) is 0. The van der Waals surface area contributed by atoms with Crippen molar-refractivity contribution in [2.45, 2.75) is 6.42 Å². The topological polar surface area (TPSA) is 65.1 Å². The fraction of sp³-hybridized carbons (Fsp3) is 0.200. The Morgan fingerprint density at radius 2 is 2.20 bits per heavy atom. The van der Waals surface area contributed by atoms with Crippen LogP contribution in [0.25, 0.3) is 10.9 Å². The minimum Gasteiger partial charge on any atom is -0.361 e. The van der Waals surface area contributed by atoms with Gasteiger partial charge in [0.15, 0.2) is 0 Å². The quantitative estimate of drug-likeness (QED) is 0.688. The van der Waals surface area contributed by atoms with Gasteiger partial charge in [-0.2, -0.15) is 0 Å². The summed E-state index contributed by atoms with van der Waals surface area (Å²) in [5, 5.41) is 1.17. The number of aromatic amines is 1. The average molecular weight is 224 g/mol. The summed E-state index contributed by atoms with van der Waals surface area (Å²) >= 11 is -1.92. The Bertz CT molecular complexity index is 481. The first-order valence-corrected chi connectivity index (χ1v) is 5.77. The van der Waals surface area contributed by atoms with Gasteiger partial charge in [-0.15, -0.1) is 0 Å². The number of fused-ring (bicyclic) bond motifs is 1. The number of hydrogen-bond donors (Lipinski definition) is 3. The number of nitrogens with one attached hydrogen (secondary N) is 2. The molecular formula is C10H12N2O2S. The molecule has 0 aliphatic heterocycles. The van der Waals surface area contributed by atoms with E-state index in [4.69, 9.17) is 4.55 Å². The fourth-order valence-corrected chi connectivity index (χ4v) is 1.89. The van der Waals surface area contributed by atoms with Crippen LogP contribution in [0.15, 0.2) is 30.5 Å². The molecule has 80 valence electrons. The molecule has 0 radical (unpaired) electrons. The van der Waals surface area contributed by atoms with Crippen molar-refractivity contribution in [3.8, 4) is 0 Å². The van der Waals surface area contributed by atoms with E-state index in [1.807, 2.05) is 30.5 Å². The lowest BCUT2D eigenvalue weighted by molar-refractivity contribution is 0.549. The SMILES string of the molecule is O=S(O)NCCc1c[nH]c2ccccc12. The maximum absolute atomic E-state index is 10.4. The van der Waals surface area contributed by atoms with Crippen molar-refractivity contribution < 1.29 is 8.76 Å². The van der Waals surface area contributed by atoms with Gasteiger partial charge < -0.3 is 4.98 Å². The molecule has 3 N–H and O–H groups in total. The van der Waals surface area contributed by atoms with Gasteiger partial charge >= 0.3 is 0 Å². The van der Waals surface area contributed by atoms with Crippen molar-refractivity contribution in [2.75, 3.05) is 6.54 Å². The minimum absolute atomic E-state index is 0.491. The molecule has 0 saturated heterocycles. The van der Waals surface area contributed by atoms with Crippen LogP contribution in [0.3, 0.4) is 0 Å². The van der Waals surface area contributed by atoms with Crippen molar-refractivity contribution in [1.29, 1.82) is 0 Å². The van der Waals surface area contributed by atoms with Gasteiger partial charge in [0.1, 0.15) is 0 Å². The van der Waals surface area contributed by atoms with E-state index < -0.39 is 11.3 Å². The Morgan fingerprint density at radius 3 is 3.00 bits per heavy atom. The molecule has 0 bridgehead atoms. The van der Waals surface area contributed by atoms with Crippen LogP contribution < -0.4 is 4.72 Å². The van der Waals surface area contributed by atoms with E-state index in [-0.39, 0.29) is 0 Å². The molecular weight excluding hydrogens is 212 g/mol. The van der Waals surface area contributed by atoms with Crippen molar-refractivity contribution in [3.63, 3.8) is 0 Å². The van der Waals surface area contributed by atoms with E-state index >= 15 is 0 Å². The molecule has 1 heterocycles. The standard InChI is InChI=1S/C10H12N2O2S/c13-15(14)12-6-5-8-7-11-10-4-2-1-3-9(8)10/h1-4,7,11-12H,5-6H2,(H,13,14). The third kappa shape index (κ3) is 2.44. The second kappa shape index (κ2) is 4.57. The van der Waals surface area contributed by atoms with Crippen molar-refractivity contribution in [3.05, 3.63) is 36.0 Å². The van der Waals surface area contributed by atoms with E-state index in [1.54, 1.807) is 0 Å². The number of hydrogen-bond acceptors (Lipinski definition) is 1. The number of benzene rings is 1. The largest absolute Gasteiger partial charge is 0.361 e. The summed E-state index contributed by atoms with van der Waals surface area (Å²) in [6.45, 7) is 0.491. The molecule has 0 aliphatic carbocycles. The third-order valence-electron chi connectivity index (χ3n) is 2.29. The molecule has 0 fully saturated rings. The first-order valence-electron chi connectivity index (χ1n) is 4.67. The summed E-state index contributed by atoms with van der Waals surface area (Å²) in [5.41, 5.74) is 2.25. The zero-order valence-electron chi connectivity index (χ0n) is 8.06. The molecule has 15 heavy (non-hydrogen) atoms. The molecule has 1 atom stereocenters. The Labute approximate surface area is 90.1 Å². The predicted molar refractivity (Wildman–Crippen MR) is 60.8 cm³/mol. The highest BCUT2D eigenvalue weighted by molar-refractivity contribution is 7.77. The van der Waals surface area contributed by atoms with Gasteiger partial charge in [0.25, 0.3) is 0 Å². The molecule has 1 aromatic carbocycles. The van der Waals surface area contributed by atoms with Crippen LogP contribution in [0.1, 0.15) is 5.56 Å². The zero-order valence-corrected chi connectivity index (χ0v) is 8.88. The summed E-state index contributed by atoms with van der Waals surface area (Å²) in [4.78, 5) is 3.16. The Balaban J connectivity index is 2.11. The first kappa shape index (κ1) is 10.4. The van der Waals surface area contributed by atoms with Gasteiger partial charge in [0, 0.05) is 23.6 Å². The number of rotatable bonds is 4. The summed E-state index contributed by atoms with van der Waals surface area (Å²) in [6, 6.07) is 8.01. The van der Waals surface area contributed by atoms with Crippen LogP contribution >= 0.6 is 0 Å². The maximum Gasteiger partial charge on any atom is 0.231 e. The van der Waals surface area contributed by atoms with Crippen LogP contribution in [-0.4, -0.2) is 20.3 Å². The number of H-pyrrole nitrogens is 1. The molecule has 1 aromatic heterocycles. The Morgan fingerprint density at radius 1 is 1.40 bits per heavy atom. The smallest absolute Gasteiger partial charge is 0.231 e. The maximum atomic E-state index is 10.4. The van der Waals surface area contributed by atoms with Crippen LogP contribution in [0.5, 0.6) is 0 Å². The lowest BCUT2D eigenvalue weighted by Gasteiger charge is -1.98. The molecule has 0 amide bonds. The average Bonchev–Trinajstić information content (AvgIpc) is 2.62. The van der Waals surface area contributed by atoms with E-state index in [2.05, 4.69) is 9.71 Å². The Kier molecular flexibility index (Phi) is 3.15. The zero-order chi connectivity index (χ0) is 10.7. The van der Waals surface area contributed by atoms with Gasteiger partial charge in [-0.05, 0) is 18.1 Å². The molecule has 2 aromatic rings. The molecule has 0 saturated carbocycles.